The molecular weight excluding hydrogens is 343 g/mol. The number of halogens is 2. The largest absolute Gasteiger partial charge is 0.481 e. The highest BCUT2D eigenvalue weighted by molar-refractivity contribution is 6.30. The minimum absolute atomic E-state index is 0. The highest BCUT2D eigenvalue weighted by atomic mass is 35.5. The van der Waals surface area contributed by atoms with Crippen molar-refractivity contribution in [3.63, 3.8) is 0 Å². The summed E-state index contributed by atoms with van der Waals surface area (Å²) in [5.74, 6) is -1.23. The van der Waals surface area contributed by atoms with Gasteiger partial charge in [0, 0.05) is 29.7 Å². The standard InChI is InChI=1S/C15H13ClN2O4.ClH/c16-11-3-1-9(2-4-11)13-7-12(17-22-13)14(19)18-6-5-10(8-18)15(20)21;/h1-4,7,10H,5-6,8H2,(H,20,21);1H. The van der Waals surface area contributed by atoms with Gasteiger partial charge in [-0.15, -0.1) is 12.4 Å². The van der Waals surface area contributed by atoms with Gasteiger partial charge in [-0.1, -0.05) is 16.8 Å². The van der Waals surface area contributed by atoms with Gasteiger partial charge in [-0.2, -0.15) is 0 Å². The molecule has 1 fully saturated rings. The van der Waals surface area contributed by atoms with Crippen molar-refractivity contribution in [3.8, 4) is 11.3 Å². The van der Waals surface area contributed by atoms with Crippen LogP contribution in [0.25, 0.3) is 11.3 Å². The van der Waals surface area contributed by atoms with Crippen LogP contribution in [-0.2, 0) is 4.79 Å². The summed E-state index contributed by atoms with van der Waals surface area (Å²) in [7, 11) is 0. The molecule has 23 heavy (non-hydrogen) atoms. The second kappa shape index (κ2) is 7.02. The van der Waals surface area contributed by atoms with E-state index in [-0.39, 0.29) is 30.6 Å². The Morgan fingerprint density at radius 2 is 2.00 bits per heavy atom. The lowest BCUT2D eigenvalue weighted by molar-refractivity contribution is -0.141. The first-order chi connectivity index (χ1) is 10.5. The minimum Gasteiger partial charge on any atom is -0.481 e. The molecule has 3 rings (SSSR count). The molecule has 0 aliphatic carbocycles. The predicted molar refractivity (Wildman–Crippen MR) is 85.8 cm³/mol. The summed E-state index contributed by atoms with van der Waals surface area (Å²) in [6.45, 7) is 0.621. The molecule has 0 radical (unpaired) electrons. The van der Waals surface area contributed by atoms with Crippen molar-refractivity contribution in [2.45, 2.75) is 6.42 Å². The molecule has 8 heteroatoms. The van der Waals surface area contributed by atoms with Crippen LogP contribution in [0.4, 0.5) is 0 Å². The van der Waals surface area contributed by atoms with Gasteiger partial charge in [-0.3, -0.25) is 9.59 Å². The van der Waals surface area contributed by atoms with E-state index in [1.165, 1.54) is 4.90 Å². The second-order valence-electron chi connectivity index (χ2n) is 5.16. The monoisotopic (exact) mass is 356 g/mol. The normalized spacial score (nSPS) is 16.9. The van der Waals surface area contributed by atoms with E-state index in [0.717, 1.165) is 5.56 Å². The zero-order chi connectivity index (χ0) is 15.7. The van der Waals surface area contributed by atoms with Gasteiger partial charge in [-0.05, 0) is 30.7 Å². The summed E-state index contributed by atoms with van der Waals surface area (Å²) in [6.07, 6.45) is 0.461. The molecule has 1 aliphatic rings. The van der Waals surface area contributed by atoms with Gasteiger partial charge in [0.25, 0.3) is 5.91 Å². The van der Waals surface area contributed by atoms with Crippen LogP contribution in [0, 0.1) is 5.92 Å². The fourth-order valence-corrected chi connectivity index (χ4v) is 2.56. The highest BCUT2D eigenvalue weighted by Gasteiger charge is 2.32. The van der Waals surface area contributed by atoms with Crippen LogP contribution in [0.1, 0.15) is 16.9 Å². The van der Waals surface area contributed by atoms with E-state index in [2.05, 4.69) is 5.16 Å². The third-order valence-corrected chi connectivity index (χ3v) is 3.93. The van der Waals surface area contributed by atoms with Crippen molar-refractivity contribution >= 4 is 35.9 Å². The van der Waals surface area contributed by atoms with Crippen LogP contribution in [0.15, 0.2) is 34.9 Å². The summed E-state index contributed by atoms with van der Waals surface area (Å²) in [5.41, 5.74) is 0.941. The Morgan fingerprint density at radius 3 is 2.61 bits per heavy atom. The molecule has 0 saturated carbocycles. The topological polar surface area (TPSA) is 83.6 Å². The number of rotatable bonds is 3. The number of hydrogen-bond donors (Lipinski definition) is 1. The molecule has 6 nitrogen and oxygen atoms in total. The first kappa shape index (κ1) is 17.3. The Morgan fingerprint density at radius 1 is 1.30 bits per heavy atom. The number of aliphatic carboxylic acids is 1. The molecule has 1 aromatic heterocycles. The fraction of sp³-hybridized carbons (Fsp3) is 0.267. The van der Waals surface area contributed by atoms with Gasteiger partial charge in [-0.25, -0.2) is 0 Å². The first-order valence-electron chi connectivity index (χ1n) is 6.79. The number of hydrogen-bond acceptors (Lipinski definition) is 4. The Hall–Kier alpha value is -2.05. The maximum Gasteiger partial charge on any atom is 0.308 e. The smallest absolute Gasteiger partial charge is 0.308 e. The van der Waals surface area contributed by atoms with Crippen LogP contribution < -0.4 is 0 Å². The molecule has 2 heterocycles. The average Bonchev–Trinajstić information content (AvgIpc) is 3.17. The predicted octanol–water partition coefficient (Wildman–Crippen LogP) is 2.96. The number of carbonyl (C=O) groups is 2. The molecule has 1 unspecified atom stereocenters. The lowest BCUT2D eigenvalue weighted by Gasteiger charge is -2.13. The maximum atomic E-state index is 12.3. The SMILES string of the molecule is Cl.O=C(O)C1CCN(C(=O)c2cc(-c3ccc(Cl)cc3)on2)C1. The van der Waals surface area contributed by atoms with Gasteiger partial charge in [0.1, 0.15) is 0 Å². The lowest BCUT2D eigenvalue weighted by atomic mass is 10.1. The lowest BCUT2D eigenvalue weighted by Crippen LogP contribution is -2.30. The zero-order valence-electron chi connectivity index (χ0n) is 11.9. The van der Waals surface area contributed by atoms with Gasteiger partial charge in [0.15, 0.2) is 11.5 Å². The van der Waals surface area contributed by atoms with Gasteiger partial charge in [0.2, 0.25) is 0 Å². The Labute approximate surface area is 143 Å². The molecule has 1 atom stereocenters. The van der Waals surface area contributed by atoms with Crippen molar-refractivity contribution in [1.29, 1.82) is 0 Å². The zero-order valence-corrected chi connectivity index (χ0v) is 13.5. The van der Waals surface area contributed by atoms with Crippen molar-refractivity contribution < 1.29 is 19.2 Å². The van der Waals surface area contributed by atoms with Crippen LogP contribution >= 0.6 is 24.0 Å². The number of carboxylic acids is 1. The van der Waals surface area contributed by atoms with Crippen LogP contribution in [0.5, 0.6) is 0 Å². The Balaban J connectivity index is 0.00000192. The molecule has 122 valence electrons. The van der Waals surface area contributed by atoms with Gasteiger partial charge < -0.3 is 14.5 Å². The third-order valence-electron chi connectivity index (χ3n) is 3.68. The third kappa shape index (κ3) is 3.65. The van der Waals surface area contributed by atoms with E-state index >= 15 is 0 Å². The number of aromatic nitrogens is 1. The van der Waals surface area contributed by atoms with E-state index in [9.17, 15) is 9.59 Å². The molecule has 1 N–H and O–H groups in total. The molecule has 1 aromatic carbocycles. The maximum absolute atomic E-state index is 12.3. The second-order valence-corrected chi connectivity index (χ2v) is 5.59. The average molecular weight is 357 g/mol. The highest BCUT2D eigenvalue weighted by Crippen LogP contribution is 2.24. The number of benzene rings is 1. The van der Waals surface area contributed by atoms with Crippen molar-refractivity contribution in [3.05, 3.63) is 41.0 Å². The van der Waals surface area contributed by atoms with Crippen molar-refractivity contribution in [1.82, 2.24) is 10.1 Å². The van der Waals surface area contributed by atoms with Crippen LogP contribution in [0.3, 0.4) is 0 Å². The van der Waals surface area contributed by atoms with E-state index in [0.29, 0.717) is 23.7 Å². The Bertz CT molecular complexity index is 715. The van der Waals surface area contributed by atoms with E-state index in [4.69, 9.17) is 21.2 Å². The van der Waals surface area contributed by atoms with Crippen LogP contribution in [-0.4, -0.2) is 40.1 Å². The summed E-state index contributed by atoms with van der Waals surface area (Å²) >= 11 is 5.83. The van der Waals surface area contributed by atoms with E-state index < -0.39 is 11.9 Å². The summed E-state index contributed by atoms with van der Waals surface area (Å²) < 4.78 is 5.19. The fourth-order valence-electron chi connectivity index (χ4n) is 2.43. The van der Waals surface area contributed by atoms with Crippen LogP contribution in [0.2, 0.25) is 5.02 Å². The minimum atomic E-state index is -0.877. The summed E-state index contributed by atoms with van der Waals surface area (Å²) in [5, 5.41) is 13.4. The summed E-state index contributed by atoms with van der Waals surface area (Å²) in [6, 6.07) is 8.54. The Kier molecular flexibility index (Phi) is 5.28. The molecule has 1 aliphatic heterocycles. The number of nitrogens with zero attached hydrogens (tertiary/aromatic N) is 2. The molecular formula is C15H14Cl2N2O4. The van der Waals surface area contributed by atoms with Crippen molar-refractivity contribution in [2.75, 3.05) is 13.1 Å². The van der Waals surface area contributed by atoms with Crippen molar-refractivity contribution in [2.24, 2.45) is 5.92 Å². The molecule has 0 bridgehead atoms. The molecule has 1 amide bonds. The van der Waals surface area contributed by atoms with Gasteiger partial charge >= 0.3 is 5.97 Å². The summed E-state index contributed by atoms with van der Waals surface area (Å²) in [4.78, 5) is 24.7. The van der Waals surface area contributed by atoms with E-state index in [1.54, 1.807) is 30.3 Å². The first-order valence-corrected chi connectivity index (χ1v) is 7.17. The molecule has 1 saturated heterocycles. The number of carbonyl (C=O) groups excluding carboxylic acids is 1. The molecule has 0 spiro atoms. The molecule has 2 aromatic rings. The van der Waals surface area contributed by atoms with E-state index in [1.807, 2.05) is 0 Å². The number of amides is 1. The quantitative estimate of drug-likeness (QED) is 0.913. The van der Waals surface area contributed by atoms with Gasteiger partial charge in [0.05, 0.1) is 5.92 Å². The number of likely N-dealkylation sites (tertiary alicyclic amines) is 1. The number of carboxylic acid groups (broad SMARTS) is 1.